The second kappa shape index (κ2) is 5.34. The number of nitrogens with zero attached hydrogens (tertiary/aromatic N) is 3. The van der Waals surface area contributed by atoms with Gasteiger partial charge < -0.3 is 10.6 Å². The van der Waals surface area contributed by atoms with Crippen molar-refractivity contribution in [1.82, 2.24) is 14.8 Å². The van der Waals surface area contributed by atoms with Gasteiger partial charge in [0.1, 0.15) is 0 Å². The smallest absolute Gasteiger partial charge is 0.0547 e. The molecule has 2 N–H and O–H groups in total. The topological polar surface area (TPSA) is 54.8 Å². The van der Waals surface area contributed by atoms with Crippen LogP contribution in [0, 0.1) is 0 Å². The van der Waals surface area contributed by atoms with Gasteiger partial charge in [0.15, 0.2) is 0 Å². The summed E-state index contributed by atoms with van der Waals surface area (Å²) in [5.74, 6) is 0. The zero-order valence-electron chi connectivity index (χ0n) is 10.1. The van der Waals surface area contributed by atoms with Gasteiger partial charge in [-0.15, -0.1) is 0 Å². The summed E-state index contributed by atoms with van der Waals surface area (Å²) in [6, 6.07) is 4.07. The number of nitrogens with one attached hydrogen (secondary N) is 2. The molecule has 5 heteroatoms. The van der Waals surface area contributed by atoms with E-state index in [1.165, 1.54) is 5.69 Å². The third-order valence-electron chi connectivity index (χ3n) is 2.66. The maximum Gasteiger partial charge on any atom is 0.0547 e. The van der Waals surface area contributed by atoms with Gasteiger partial charge in [-0.05, 0) is 12.1 Å². The maximum atomic E-state index is 4.15. The van der Waals surface area contributed by atoms with E-state index in [4.69, 9.17) is 0 Å². The summed E-state index contributed by atoms with van der Waals surface area (Å²) in [5, 5.41) is 10.5. The number of aryl methyl sites for hydroxylation is 1. The van der Waals surface area contributed by atoms with E-state index in [9.17, 15) is 0 Å². The molecule has 0 fully saturated rings. The van der Waals surface area contributed by atoms with E-state index in [-0.39, 0.29) is 0 Å². The lowest BCUT2D eigenvalue weighted by atomic mass is 10.3. The van der Waals surface area contributed by atoms with Crippen molar-refractivity contribution in [3.63, 3.8) is 0 Å². The van der Waals surface area contributed by atoms with Gasteiger partial charge in [-0.25, -0.2) is 0 Å². The van der Waals surface area contributed by atoms with Gasteiger partial charge in [0.25, 0.3) is 0 Å². The molecular weight excluding hydrogens is 214 g/mol. The minimum atomic E-state index is 0.869. The summed E-state index contributed by atoms with van der Waals surface area (Å²) < 4.78 is 1.89. The van der Waals surface area contributed by atoms with Crippen LogP contribution in [0.1, 0.15) is 5.69 Å². The van der Waals surface area contributed by atoms with Gasteiger partial charge in [-0.3, -0.25) is 9.67 Å². The van der Waals surface area contributed by atoms with E-state index in [1.807, 2.05) is 43.3 Å². The summed E-state index contributed by atoms with van der Waals surface area (Å²) in [4.78, 5) is 4.15. The molecule has 0 aliphatic heterocycles. The molecule has 0 aliphatic rings. The molecule has 0 saturated heterocycles. The fourth-order valence-electron chi connectivity index (χ4n) is 1.65. The van der Waals surface area contributed by atoms with Gasteiger partial charge in [0, 0.05) is 39.0 Å². The molecule has 90 valence electrons. The Morgan fingerprint density at radius 1 is 1.29 bits per heavy atom. The summed E-state index contributed by atoms with van der Waals surface area (Å²) in [5.41, 5.74) is 3.25. The molecule has 5 nitrogen and oxygen atoms in total. The average Bonchev–Trinajstić information content (AvgIpc) is 2.76. The second-order valence-electron chi connectivity index (χ2n) is 3.84. The predicted octanol–water partition coefficient (Wildman–Crippen LogP) is 1.51. The third kappa shape index (κ3) is 2.96. The van der Waals surface area contributed by atoms with Gasteiger partial charge >= 0.3 is 0 Å². The number of hydrogen-bond acceptors (Lipinski definition) is 4. The lowest BCUT2D eigenvalue weighted by Crippen LogP contribution is -2.08. The number of rotatable bonds is 5. The van der Waals surface area contributed by atoms with Crippen LogP contribution in [0.25, 0.3) is 0 Å². The molecule has 0 atom stereocenters. The molecule has 17 heavy (non-hydrogen) atoms. The van der Waals surface area contributed by atoms with Crippen molar-refractivity contribution in [3.8, 4) is 0 Å². The highest BCUT2D eigenvalue weighted by molar-refractivity contribution is 5.53. The molecule has 2 heterocycles. The van der Waals surface area contributed by atoms with E-state index >= 15 is 0 Å². The number of anilines is 2. The van der Waals surface area contributed by atoms with E-state index in [0.717, 1.165) is 24.3 Å². The zero-order valence-corrected chi connectivity index (χ0v) is 10.1. The molecule has 0 aromatic carbocycles. The average molecular weight is 231 g/mol. The molecule has 2 aromatic rings. The molecule has 2 aromatic heterocycles. The molecule has 2 rings (SSSR count). The molecule has 0 unspecified atom stereocenters. The van der Waals surface area contributed by atoms with Crippen LogP contribution < -0.4 is 10.6 Å². The second-order valence-corrected chi connectivity index (χ2v) is 3.84. The number of hydrogen-bond donors (Lipinski definition) is 2. The third-order valence-corrected chi connectivity index (χ3v) is 2.66. The van der Waals surface area contributed by atoms with E-state index < -0.39 is 0 Å². The Labute approximate surface area is 101 Å². The molecule has 0 amide bonds. The molecule has 0 radical (unpaired) electrons. The van der Waals surface area contributed by atoms with Crippen LogP contribution >= 0.6 is 0 Å². The lowest BCUT2D eigenvalue weighted by molar-refractivity contribution is 0.711. The van der Waals surface area contributed by atoms with Crippen molar-refractivity contribution < 1.29 is 0 Å². The Morgan fingerprint density at radius 3 is 2.82 bits per heavy atom. The van der Waals surface area contributed by atoms with Crippen LogP contribution in [0.2, 0.25) is 0 Å². The first-order chi connectivity index (χ1) is 8.29. The minimum Gasteiger partial charge on any atom is -0.387 e. The Hall–Kier alpha value is -2.04. The first-order valence-corrected chi connectivity index (χ1v) is 5.63. The Morgan fingerprint density at radius 2 is 2.12 bits per heavy atom. The molecular formula is C12H17N5. The van der Waals surface area contributed by atoms with Crippen molar-refractivity contribution in [1.29, 1.82) is 0 Å². The highest BCUT2D eigenvalue weighted by atomic mass is 15.3. The minimum absolute atomic E-state index is 0.869. The largest absolute Gasteiger partial charge is 0.387 e. The fourth-order valence-corrected chi connectivity index (χ4v) is 1.65. The maximum absolute atomic E-state index is 4.15. The lowest BCUT2D eigenvalue weighted by Gasteiger charge is -2.07. The van der Waals surface area contributed by atoms with Crippen LogP contribution in [0.3, 0.4) is 0 Å². The van der Waals surface area contributed by atoms with Crippen LogP contribution in [0.15, 0.2) is 30.7 Å². The van der Waals surface area contributed by atoms with Crippen molar-refractivity contribution >= 4 is 11.4 Å². The monoisotopic (exact) mass is 231 g/mol. The first kappa shape index (κ1) is 11.4. The van der Waals surface area contributed by atoms with Crippen molar-refractivity contribution in [2.24, 2.45) is 7.05 Å². The van der Waals surface area contributed by atoms with E-state index in [2.05, 4.69) is 20.7 Å². The summed E-state index contributed by atoms with van der Waals surface area (Å²) in [6.45, 7) is 0.869. The summed E-state index contributed by atoms with van der Waals surface area (Å²) in [7, 11) is 3.84. The Balaban J connectivity index is 1.87. The number of aromatic nitrogens is 3. The molecule has 0 spiro atoms. The summed E-state index contributed by atoms with van der Waals surface area (Å²) in [6.07, 6.45) is 6.38. The van der Waals surface area contributed by atoms with E-state index in [0.29, 0.717) is 0 Å². The molecule has 0 saturated carbocycles. The van der Waals surface area contributed by atoms with Crippen LogP contribution in [-0.4, -0.2) is 28.4 Å². The SMILES string of the molecule is CNc1cncc(NCCc2ccnn2C)c1. The van der Waals surface area contributed by atoms with Crippen molar-refractivity contribution in [3.05, 3.63) is 36.4 Å². The highest BCUT2D eigenvalue weighted by Crippen LogP contribution is 2.12. The quantitative estimate of drug-likeness (QED) is 0.819. The van der Waals surface area contributed by atoms with Crippen LogP contribution in [0.5, 0.6) is 0 Å². The number of pyridine rings is 1. The van der Waals surface area contributed by atoms with Crippen LogP contribution in [-0.2, 0) is 13.5 Å². The van der Waals surface area contributed by atoms with Gasteiger partial charge in [0.05, 0.1) is 23.8 Å². The van der Waals surface area contributed by atoms with Crippen LogP contribution in [0.4, 0.5) is 11.4 Å². The zero-order chi connectivity index (χ0) is 12.1. The van der Waals surface area contributed by atoms with Gasteiger partial charge in [0.2, 0.25) is 0 Å². The Kier molecular flexibility index (Phi) is 3.59. The Bertz CT molecular complexity index is 477. The predicted molar refractivity (Wildman–Crippen MR) is 69.2 cm³/mol. The van der Waals surface area contributed by atoms with Crippen molar-refractivity contribution in [2.45, 2.75) is 6.42 Å². The van der Waals surface area contributed by atoms with Gasteiger partial charge in [-0.2, -0.15) is 5.10 Å². The normalized spacial score (nSPS) is 10.2. The molecule has 0 aliphatic carbocycles. The standard InChI is InChI=1S/C12H17N5/c1-13-10-7-11(9-14-8-10)15-5-3-12-4-6-16-17(12)2/h4,6-9,13,15H,3,5H2,1-2H3. The summed E-state index contributed by atoms with van der Waals surface area (Å²) >= 11 is 0. The van der Waals surface area contributed by atoms with Crippen molar-refractivity contribution in [2.75, 3.05) is 24.2 Å². The fraction of sp³-hybridized carbons (Fsp3) is 0.333. The van der Waals surface area contributed by atoms with E-state index in [1.54, 1.807) is 6.20 Å². The molecule has 0 bridgehead atoms. The highest BCUT2D eigenvalue weighted by Gasteiger charge is 1.99. The first-order valence-electron chi connectivity index (χ1n) is 5.63. The van der Waals surface area contributed by atoms with Gasteiger partial charge in [-0.1, -0.05) is 0 Å².